The summed E-state index contributed by atoms with van der Waals surface area (Å²) in [6, 6.07) is 7.92. The molecular weight excluding hydrogens is 374 g/mol. The quantitative estimate of drug-likeness (QED) is 0.648. The Morgan fingerprint density at radius 1 is 1.24 bits per heavy atom. The number of ether oxygens (including phenoxy) is 1. The summed E-state index contributed by atoms with van der Waals surface area (Å²) >= 11 is 0. The maximum absolute atomic E-state index is 12.9. The summed E-state index contributed by atoms with van der Waals surface area (Å²) in [7, 11) is 0. The van der Waals surface area contributed by atoms with Crippen molar-refractivity contribution in [3.05, 3.63) is 46.8 Å². The molecule has 0 radical (unpaired) electrons. The van der Waals surface area contributed by atoms with Crippen LogP contribution in [0.4, 0.5) is 0 Å². The van der Waals surface area contributed by atoms with Crippen molar-refractivity contribution in [2.75, 3.05) is 39.4 Å². The number of hydrogen-bond donors (Lipinski definition) is 3. The molecule has 1 aromatic carbocycles. The first-order valence-corrected chi connectivity index (χ1v) is 9.81. The van der Waals surface area contributed by atoms with Gasteiger partial charge < -0.3 is 20.1 Å². The van der Waals surface area contributed by atoms with Gasteiger partial charge >= 0.3 is 0 Å². The van der Waals surface area contributed by atoms with Gasteiger partial charge in [-0.3, -0.25) is 19.6 Å². The molecule has 0 bridgehead atoms. The van der Waals surface area contributed by atoms with E-state index in [1.54, 1.807) is 4.90 Å². The first-order valence-electron chi connectivity index (χ1n) is 9.81. The molecule has 4 rings (SSSR count). The number of nitrogens with zero attached hydrogens (tertiary/aromatic N) is 3. The van der Waals surface area contributed by atoms with Gasteiger partial charge in [-0.1, -0.05) is 18.2 Å². The van der Waals surface area contributed by atoms with Crippen LogP contribution in [0.2, 0.25) is 0 Å². The predicted molar refractivity (Wildman–Crippen MR) is 104 cm³/mol. The van der Waals surface area contributed by atoms with Gasteiger partial charge in [-0.2, -0.15) is 5.10 Å². The zero-order valence-electron chi connectivity index (χ0n) is 16.2. The van der Waals surface area contributed by atoms with Crippen molar-refractivity contribution >= 4 is 11.8 Å². The van der Waals surface area contributed by atoms with E-state index in [0.29, 0.717) is 51.4 Å². The summed E-state index contributed by atoms with van der Waals surface area (Å²) in [5.41, 5.74) is 3.08. The molecule has 0 saturated carbocycles. The lowest BCUT2D eigenvalue weighted by atomic mass is 10.0. The van der Waals surface area contributed by atoms with Gasteiger partial charge in [-0.05, 0) is 12.5 Å². The summed E-state index contributed by atoms with van der Waals surface area (Å²) in [5, 5.41) is 18.5. The molecule has 2 aliphatic heterocycles. The molecule has 154 valence electrons. The van der Waals surface area contributed by atoms with Crippen LogP contribution in [0, 0.1) is 0 Å². The van der Waals surface area contributed by atoms with E-state index in [0.717, 1.165) is 22.6 Å². The average molecular weight is 399 g/mol. The van der Waals surface area contributed by atoms with E-state index in [1.165, 1.54) is 0 Å². The number of fused-ring (bicyclic) bond motifs is 2. The Balaban J connectivity index is 1.38. The zero-order valence-corrected chi connectivity index (χ0v) is 16.2. The van der Waals surface area contributed by atoms with Gasteiger partial charge in [-0.25, -0.2) is 0 Å². The Labute approximate surface area is 168 Å². The van der Waals surface area contributed by atoms with E-state index >= 15 is 0 Å². The normalized spacial score (nSPS) is 16.4. The third kappa shape index (κ3) is 4.25. The Bertz CT molecular complexity index is 897. The van der Waals surface area contributed by atoms with Gasteiger partial charge in [-0.15, -0.1) is 0 Å². The van der Waals surface area contributed by atoms with Crippen molar-refractivity contribution in [2.45, 2.75) is 19.5 Å². The number of aromatic nitrogens is 2. The number of rotatable bonds is 5. The number of hydrogen-bond acceptors (Lipinski definition) is 6. The minimum absolute atomic E-state index is 0.0518. The number of benzene rings is 1. The number of amides is 2. The fourth-order valence-electron chi connectivity index (χ4n) is 3.78. The molecule has 0 atom stereocenters. The highest BCUT2D eigenvalue weighted by molar-refractivity contribution is 5.94. The highest BCUT2D eigenvalue weighted by Crippen LogP contribution is 2.23. The molecule has 0 aliphatic carbocycles. The van der Waals surface area contributed by atoms with Crippen molar-refractivity contribution in [3.8, 4) is 5.75 Å². The smallest absolute Gasteiger partial charge is 0.272 e. The molecule has 0 saturated heterocycles. The van der Waals surface area contributed by atoms with Gasteiger partial charge in [0.05, 0.1) is 25.4 Å². The molecule has 3 heterocycles. The summed E-state index contributed by atoms with van der Waals surface area (Å²) in [5.74, 6) is 0.630. The average Bonchev–Trinajstić information content (AvgIpc) is 3.05. The first kappa shape index (κ1) is 19.4. The molecule has 2 amide bonds. The maximum Gasteiger partial charge on any atom is 0.272 e. The van der Waals surface area contributed by atoms with Crippen molar-refractivity contribution in [1.82, 2.24) is 25.3 Å². The number of aliphatic hydroxyl groups is 1. The van der Waals surface area contributed by atoms with Crippen LogP contribution in [0.15, 0.2) is 24.3 Å². The lowest BCUT2D eigenvalue weighted by Crippen LogP contribution is -2.43. The van der Waals surface area contributed by atoms with Crippen LogP contribution >= 0.6 is 0 Å². The van der Waals surface area contributed by atoms with Crippen LogP contribution < -0.4 is 10.1 Å². The molecule has 0 fully saturated rings. The molecule has 29 heavy (non-hydrogen) atoms. The number of aliphatic hydroxyl groups excluding tert-OH is 1. The second-order valence-corrected chi connectivity index (χ2v) is 7.24. The van der Waals surface area contributed by atoms with E-state index in [2.05, 4.69) is 20.4 Å². The topological polar surface area (TPSA) is 111 Å². The number of H-pyrrole nitrogens is 1. The Kier molecular flexibility index (Phi) is 5.77. The molecule has 9 nitrogen and oxygen atoms in total. The number of aromatic amines is 1. The number of carbonyl (C=O) groups is 2. The van der Waals surface area contributed by atoms with E-state index in [4.69, 9.17) is 9.84 Å². The number of nitrogens with one attached hydrogen (secondary N) is 2. The van der Waals surface area contributed by atoms with Crippen molar-refractivity contribution in [3.63, 3.8) is 0 Å². The van der Waals surface area contributed by atoms with E-state index in [-0.39, 0.29) is 25.0 Å². The second kappa shape index (κ2) is 8.62. The lowest BCUT2D eigenvalue weighted by Gasteiger charge is -2.29. The third-order valence-electron chi connectivity index (χ3n) is 5.29. The summed E-state index contributed by atoms with van der Waals surface area (Å²) in [4.78, 5) is 28.9. The van der Waals surface area contributed by atoms with Gasteiger partial charge in [0.1, 0.15) is 12.4 Å². The standard InChI is InChI=1S/C20H25N5O4/c26-9-6-21-20(28)19-15-5-7-25(12-16(15)22-23-19)18(27)13-24-8-10-29-17-4-2-1-3-14(17)11-24/h1-4,26H,5-13H2,(H,21,28)(H,22,23). The highest BCUT2D eigenvalue weighted by atomic mass is 16.5. The molecular formula is C20H25N5O4. The van der Waals surface area contributed by atoms with Crippen LogP contribution in [0.3, 0.4) is 0 Å². The van der Waals surface area contributed by atoms with Gasteiger partial charge in [0, 0.05) is 37.3 Å². The Morgan fingerprint density at radius 2 is 2.10 bits per heavy atom. The maximum atomic E-state index is 12.9. The predicted octanol–water partition coefficient (Wildman–Crippen LogP) is -0.0889. The lowest BCUT2D eigenvalue weighted by molar-refractivity contribution is -0.133. The van der Waals surface area contributed by atoms with Gasteiger partial charge in [0.25, 0.3) is 5.91 Å². The zero-order chi connectivity index (χ0) is 20.2. The van der Waals surface area contributed by atoms with Crippen molar-refractivity contribution < 1.29 is 19.4 Å². The van der Waals surface area contributed by atoms with Crippen molar-refractivity contribution in [2.24, 2.45) is 0 Å². The van der Waals surface area contributed by atoms with Crippen LogP contribution in [0.25, 0.3) is 0 Å². The van der Waals surface area contributed by atoms with Gasteiger partial charge in [0.15, 0.2) is 5.69 Å². The minimum Gasteiger partial charge on any atom is -0.492 e. The van der Waals surface area contributed by atoms with Crippen LogP contribution in [-0.2, 0) is 24.3 Å². The first-order chi connectivity index (χ1) is 14.2. The Hall–Kier alpha value is -2.91. The van der Waals surface area contributed by atoms with Crippen LogP contribution in [0.5, 0.6) is 5.75 Å². The molecule has 2 aliphatic rings. The van der Waals surface area contributed by atoms with Crippen LogP contribution in [-0.4, -0.2) is 76.3 Å². The summed E-state index contributed by atoms with van der Waals surface area (Å²) in [6.07, 6.45) is 0.575. The van der Waals surface area contributed by atoms with Gasteiger partial charge in [0.2, 0.25) is 5.91 Å². The van der Waals surface area contributed by atoms with E-state index in [1.807, 2.05) is 24.3 Å². The fraction of sp³-hybridized carbons (Fsp3) is 0.450. The van der Waals surface area contributed by atoms with E-state index < -0.39 is 0 Å². The van der Waals surface area contributed by atoms with Crippen molar-refractivity contribution in [1.29, 1.82) is 0 Å². The molecule has 2 aromatic rings. The number of carbonyl (C=O) groups excluding carboxylic acids is 2. The molecule has 0 spiro atoms. The monoisotopic (exact) mass is 399 g/mol. The molecule has 0 unspecified atom stereocenters. The molecule has 1 aromatic heterocycles. The fourth-order valence-corrected chi connectivity index (χ4v) is 3.78. The minimum atomic E-state index is -0.306. The van der Waals surface area contributed by atoms with E-state index in [9.17, 15) is 9.59 Å². The number of para-hydroxylation sites is 1. The molecule has 9 heteroatoms. The largest absolute Gasteiger partial charge is 0.492 e. The summed E-state index contributed by atoms with van der Waals surface area (Å²) < 4.78 is 5.77. The third-order valence-corrected chi connectivity index (χ3v) is 5.29. The summed E-state index contributed by atoms with van der Waals surface area (Å²) in [6.45, 7) is 3.29. The SMILES string of the molecule is O=C(NCCO)c1n[nH]c2c1CCN(C(=O)CN1CCOc3ccccc3C1)C2. The van der Waals surface area contributed by atoms with Crippen LogP contribution in [0.1, 0.15) is 27.3 Å². The second-order valence-electron chi connectivity index (χ2n) is 7.24. The Morgan fingerprint density at radius 3 is 2.97 bits per heavy atom. The highest BCUT2D eigenvalue weighted by Gasteiger charge is 2.28. The molecule has 3 N–H and O–H groups in total.